The van der Waals surface area contributed by atoms with Gasteiger partial charge in [0.15, 0.2) is 0 Å². The lowest BCUT2D eigenvalue weighted by atomic mass is 10.0. The number of imide groups is 1. The van der Waals surface area contributed by atoms with E-state index in [1.165, 1.54) is 12.0 Å². The Hall–Kier alpha value is -3.57. The van der Waals surface area contributed by atoms with Crippen LogP contribution in [0.3, 0.4) is 0 Å². The van der Waals surface area contributed by atoms with Crippen LogP contribution in [0.4, 0.5) is 11.4 Å². The SMILES string of the molecule is COc1ccccc1C1=C(Nc2cc(Cl)ccc2C)C(=O)N(c2cc(C)cc(C)c2)C1=O. The molecule has 5 nitrogen and oxygen atoms in total. The third-order valence-electron chi connectivity index (χ3n) is 5.38. The minimum atomic E-state index is -0.430. The van der Waals surface area contributed by atoms with Crippen molar-refractivity contribution < 1.29 is 14.3 Å². The summed E-state index contributed by atoms with van der Waals surface area (Å²) >= 11 is 6.19. The average molecular weight is 447 g/mol. The van der Waals surface area contributed by atoms with Crippen molar-refractivity contribution in [2.45, 2.75) is 20.8 Å². The van der Waals surface area contributed by atoms with E-state index in [2.05, 4.69) is 5.32 Å². The zero-order valence-electron chi connectivity index (χ0n) is 18.3. The van der Waals surface area contributed by atoms with E-state index in [1.807, 2.05) is 57.2 Å². The van der Waals surface area contributed by atoms with Crippen LogP contribution in [0.2, 0.25) is 5.02 Å². The lowest BCUT2D eigenvalue weighted by Gasteiger charge is -2.17. The van der Waals surface area contributed by atoms with E-state index in [9.17, 15) is 9.59 Å². The first-order valence-corrected chi connectivity index (χ1v) is 10.6. The van der Waals surface area contributed by atoms with Crippen molar-refractivity contribution in [1.29, 1.82) is 0 Å². The number of hydrogen-bond donors (Lipinski definition) is 1. The summed E-state index contributed by atoms with van der Waals surface area (Å²) in [5.41, 5.74) is 5.00. The molecular formula is C26H23ClN2O3. The van der Waals surface area contributed by atoms with Crippen molar-refractivity contribution in [2.24, 2.45) is 0 Å². The Labute approximate surface area is 192 Å². The predicted molar refractivity (Wildman–Crippen MR) is 128 cm³/mol. The second kappa shape index (κ2) is 8.52. The molecule has 1 N–H and O–H groups in total. The number of methoxy groups -OCH3 is 1. The second-order valence-corrected chi connectivity index (χ2v) is 8.26. The Morgan fingerprint density at radius 1 is 0.875 bits per heavy atom. The smallest absolute Gasteiger partial charge is 0.282 e. The molecule has 0 aliphatic carbocycles. The number of carbonyl (C=O) groups excluding carboxylic acids is 2. The highest BCUT2D eigenvalue weighted by molar-refractivity contribution is 6.46. The molecule has 0 fully saturated rings. The fourth-order valence-corrected chi connectivity index (χ4v) is 4.10. The molecule has 3 aromatic rings. The number of halogens is 1. The van der Waals surface area contributed by atoms with Gasteiger partial charge in [-0.3, -0.25) is 9.59 Å². The normalized spacial score (nSPS) is 13.7. The maximum Gasteiger partial charge on any atom is 0.282 e. The summed E-state index contributed by atoms with van der Waals surface area (Å²) in [5, 5.41) is 3.71. The van der Waals surface area contributed by atoms with Crippen LogP contribution in [0.15, 0.2) is 66.4 Å². The van der Waals surface area contributed by atoms with Gasteiger partial charge in [-0.25, -0.2) is 4.90 Å². The number of carbonyl (C=O) groups is 2. The molecule has 0 unspecified atom stereocenters. The van der Waals surface area contributed by atoms with Crippen molar-refractivity contribution in [2.75, 3.05) is 17.3 Å². The highest BCUT2D eigenvalue weighted by Crippen LogP contribution is 2.38. The van der Waals surface area contributed by atoms with Crippen LogP contribution in [-0.4, -0.2) is 18.9 Å². The highest BCUT2D eigenvalue weighted by atomic mass is 35.5. The molecule has 32 heavy (non-hydrogen) atoms. The van der Waals surface area contributed by atoms with Gasteiger partial charge in [0.2, 0.25) is 0 Å². The van der Waals surface area contributed by atoms with Crippen molar-refractivity contribution in [3.63, 3.8) is 0 Å². The Morgan fingerprint density at radius 2 is 1.56 bits per heavy atom. The first-order valence-electron chi connectivity index (χ1n) is 10.2. The standard InChI is InChI=1S/C26H23ClN2O3/c1-15-11-16(2)13-19(12-15)29-25(30)23(20-7-5-6-8-22(20)32-4)24(26(29)31)28-21-14-18(27)10-9-17(21)3/h5-14,28H,1-4H3. The Bertz CT molecular complexity index is 1260. The second-order valence-electron chi connectivity index (χ2n) is 7.83. The first kappa shape index (κ1) is 21.7. The van der Waals surface area contributed by atoms with Crippen LogP contribution >= 0.6 is 11.6 Å². The number of anilines is 2. The fourth-order valence-electron chi connectivity index (χ4n) is 3.92. The zero-order chi connectivity index (χ0) is 23.0. The number of nitrogens with one attached hydrogen (secondary N) is 1. The van der Waals surface area contributed by atoms with Crippen molar-refractivity contribution in [3.8, 4) is 5.75 Å². The van der Waals surface area contributed by atoms with Crippen LogP contribution in [0.5, 0.6) is 5.75 Å². The number of rotatable bonds is 5. The van der Waals surface area contributed by atoms with Crippen molar-refractivity contribution in [3.05, 3.63) is 93.6 Å². The molecule has 3 aromatic carbocycles. The number of amides is 2. The van der Waals surface area contributed by atoms with E-state index in [4.69, 9.17) is 16.3 Å². The molecule has 2 amide bonds. The predicted octanol–water partition coefficient (Wildman–Crippen LogP) is 5.67. The maximum absolute atomic E-state index is 13.7. The molecule has 1 aliphatic rings. The van der Waals surface area contributed by atoms with E-state index < -0.39 is 11.8 Å². The van der Waals surface area contributed by atoms with Gasteiger partial charge in [0, 0.05) is 16.3 Å². The first-order chi connectivity index (χ1) is 15.3. The summed E-state index contributed by atoms with van der Waals surface area (Å²) in [4.78, 5) is 28.5. The van der Waals surface area contributed by atoms with Gasteiger partial charge in [0.05, 0.1) is 18.4 Å². The van der Waals surface area contributed by atoms with Crippen LogP contribution in [0.1, 0.15) is 22.3 Å². The van der Waals surface area contributed by atoms with Crippen LogP contribution in [-0.2, 0) is 9.59 Å². The quantitative estimate of drug-likeness (QED) is 0.513. The van der Waals surface area contributed by atoms with Gasteiger partial charge in [-0.1, -0.05) is 41.9 Å². The van der Waals surface area contributed by atoms with E-state index in [-0.39, 0.29) is 11.3 Å². The summed E-state index contributed by atoms with van der Waals surface area (Å²) in [6.45, 7) is 5.78. The highest BCUT2D eigenvalue weighted by Gasteiger charge is 2.41. The third-order valence-corrected chi connectivity index (χ3v) is 5.62. The number of para-hydroxylation sites is 1. The Balaban J connectivity index is 1.91. The summed E-state index contributed by atoms with van der Waals surface area (Å²) in [6, 6.07) is 18.2. The fraction of sp³-hybridized carbons (Fsp3) is 0.154. The summed E-state index contributed by atoms with van der Waals surface area (Å²) in [5.74, 6) is -0.333. The molecule has 4 rings (SSSR count). The van der Waals surface area contributed by atoms with Crippen LogP contribution in [0, 0.1) is 20.8 Å². The largest absolute Gasteiger partial charge is 0.496 e. The Kier molecular flexibility index (Phi) is 5.76. The lowest BCUT2D eigenvalue weighted by molar-refractivity contribution is -0.120. The minimum Gasteiger partial charge on any atom is -0.496 e. The monoisotopic (exact) mass is 446 g/mol. The zero-order valence-corrected chi connectivity index (χ0v) is 19.1. The van der Waals surface area contributed by atoms with E-state index in [1.54, 1.807) is 24.3 Å². The molecular weight excluding hydrogens is 424 g/mol. The van der Waals surface area contributed by atoms with Crippen LogP contribution < -0.4 is 15.0 Å². The minimum absolute atomic E-state index is 0.184. The van der Waals surface area contributed by atoms with Gasteiger partial charge in [-0.2, -0.15) is 0 Å². The summed E-state index contributed by atoms with van der Waals surface area (Å²) in [7, 11) is 1.54. The van der Waals surface area contributed by atoms with Gasteiger partial charge in [0.1, 0.15) is 11.4 Å². The molecule has 0 radical (unpaired) electrons. The maximum atomic E-state index is 13.7. The number of nitrogens with zero attached hydrogens (tertiary/aromatic N) is 1. The van der Waals surface area contributed by atoms with Gasteiger partial charge in [0.25, 0.3) is 11.8 Å². The Morgan fingerprint density at radius 3 is 2.25 bits per heavy atom. The molecule has 0 saturated carbocycles. The van der Waals surface area contributed by atoms with E-state index >= 15 is 0 Å². The molecule has 1 aliphatic heterocycles. The third kappa shape index (κ3) is 3.87. The van der Waals surface area contributed by atoms with Gasteiger partial charge < -0.3 is 10.1 Å². The number of aryl methyl sites for hydroxylation is 3. The molecule has 0 bridgehead atoms. The van der Waals surface area contributed by atoms with Crippen LogP contribution in [0.25, 0.3) is 5.57 Å². The molecule has 0 saturated heterocycles. The van der Waals surface area contributed by atoms with Gasteiger partial charge >= 0.3 is 0 Å². The number of benzene rings is 3. The number of ether oxygens (including phenoxy) is 1. The van der Waals surface area contributed by atoms with E-state index in [0.29, 0.717) is 27.7 Å². The topological polar surface area (TPSA) is 58.6 Å². The average Bonchev–Trinajstić information content (AvgIpc) is 2.99. The van der Waals surface area contributed by atoms with Crippen molar-refractivity contribution >= 4 is 40.4 Å². The van der Waals surface area contributed by atoms with Gasteiger partial charge in [-0.15, -0.1) is 0 Å². The summed E-state index contributed by atoms with van der Waals surface area (Å²) < 4.78 is 5.50. The van der Waals surface area contributed by atoms with Gasteiger partial charge in [-0.05, 0) is 67.8 Å². The lowest BCUT2D eigenvalue weighted by Crippen LogP contribution is -2.32. The molecule has 6 heteroatoms. The molecule has 0 atom stereocenters. The summed E-state index contributed by atoms with van der Waals surface area (Å²) in [6.07, 6.45) is 0. The van der Waals surface area contributed by atoms with Crippen molar-refractivity contribution in [1.82, 2.24) is 0 Å². The van der Waals surface area contributed by atoms with E-state index in [0.717, 1.165) is 16.7 Å². The molecule has 0 aromatic heterocycles. The molecule has 1 heterocycles. The molecule has 162 valence electrons. The number of hydrogen-bond acceptors (Lipinski definition) is 4. The molecule has 0 spiro atoms.